The van der Waals surface area contributed by atoms with Crippen molar-refractivity contribution in [1.82, 2.24) is 0 Å². The van der Waals surface area contributed by atoms with Crippen LogP contribution in [0.25, 0.3) is 0 Å². The van der Waals surface area contributed by atoms with Gasteiger partial charge in [0.05, 0.1) is 12.5 Å². The number of benzene rings is 1. The molecule has 0 radical (unpaired) electrons. The van der Waals surface area contributed by atoms with Gasteiger partial charge in [0.25, 0.3) is 0 Å². The molecule has 1 saturated carbocycles. The van der Waals surface area contributed by atoms with Gasteiger partial charge in [0.2, 0.25) is 0 Å². The van der Waals surface area contributed by atoms with Crippen LogP contribution in [0.4, 0.5) is 0 Å². The lowest BCUT2D eigenvalue weighted by molar-refractivity contribution is -0.121. The van der Waals surface area contributed by atoms with Crippen LogP contribution in [-0.2, 0) is 10.2 Å². The van der Waals surface area contributed by atoms with Crippen LogP contribution in [0, 0.1) is 0 Å². The molecule has 1 fully saturated rings. The Morgan fingerprint density at radius 1 is 1.40 bits per heavy atom. The molecular formula is C13H16O2. The topological polar surface area (TPSA) is 26.3 Å². The Morgan fingerprint density at radius 3 is 2.80 bits per heavy atom. The van der Waals surface area contributed by atoms with E-state index < -0.39 is 0 Å². The molecule has 0 spiro atoms. The summed E-state index contributed by atoms with van der Waals surface area (Å²) in [5.41, 5.74) is 0.804. The summed E-state index contributed by atoms with van der Waals surface area (Å²) in [6.07, 6.45) is 2.68. The standard InChI is InChI=1S/C13H16O2/c1-13(8-4-7-12(13)14)10-5-3-6-11(9-10)15-2/h3,5-6,9H,4,7-8H2,1-2H3/t13-/m0/s1. The minimum absolute atomic E-state index is 0.283. The first-order chi connectivity index (χ1) is 7.16. The van der Waals surface area contributed by atoms with Crippen LogP contribution in [0.2, 0.25) is 0 Å². The Labute approximate surface area is 90.3 Å². The van der Waals surface area contributed by atoms with Crippen molar-refractivity contribution in [3.05, 3.63) is 29.8 Å². The van der Waals surface area contributed by atoms with Crippen LogP contribution in [0.1, 0.15) is 31.7 Å². The molecule has 0 unspecified atom stereocenters. The molecule has 0 N–H and O–H groups in total. The Kier molecular flexibility index (Phi) is 2.51. The first-order valence-electron chi connectivity index (χ1n) is 5.34. The smallest absolute Gasteiger partial charge is 0.143 e. The second-order valence-electron chi connectivity index (χ2n) is 4.34. The largest absolute Gasteiger partial charge is 0.497 e. The molecule has 0 saturated heterocycles. The molecule has 0 bridgehead atoms. The SMILES string of the molecule is COc1cccc([C@]2(C)CCCC2=O)c1. The normalized spacial score (nSPS) is 25.6. The van der Waals surface area contributed by atoms with Crippen LogP contribution in [0.5, 0.6) is 5.75 Å². The van der Waals surface area contributed by atoms with Gasteiger partial charge in [-0.2, -0.15) is 0 Å². The van der Waals surface area contributed by atoms with Gasteiger partial charge < -0.3 is 4.74 Å². The van der Waals surface area contributed by atoms with Gasteiger partial charge in [0, 0.05) is 6.42 Å². The number of ketones is 1. The lowest BCUT2D eigenvalue weighted by Gasteiger charge is -2.22. The summed E-state index contributed by atoms with van der Waals surface area (Å²) in [5.74, 6) is 1.18. The van der Waals surface area contributed by atoms with Gasteiger partial charge in [0.1, 0.15) is 11.5 Å². The molecule has 0 aromatic heterocycles. The first-order valence-corrected chi connectivity index (χ1v) is 5.34. The molecule has 80 valence electrons. The predicted octanol–water partition coefficient (Wildman–Crippen LogP) is 2.71. The number of methoxy groups -OCH3 is 1. The molecule has 1 aliphatic carbocycles. The Morgan fingerprint density at radius 2 is 2.20 bits per heavy atom. The van der Waals surface area contributed by atoms with E-state index >= 15 is 0 Å². The molecule has 15 heavy (non-hydrogen) atoms. The van der Waals surface area contributed by atoms with Crippen molar-refractivity contribution in [3.8, 4) is 5.75 Å². The average molecular weight is 204 g/mol. The van der Waals surface area contributed by atoms with E-state index in [9.17, 15) is 4.79 Å². The summed E-state index contributed by atoms with van der Waals surface area (Å²) < 4.78 is 5.18. The van der Waals surface area contributed by atoms with Gasteiger partial charge in [-0.05, 0) is 37.5 Å². The van der Waals surface area contributed by atoms with E-state index in [0.29, 0.717) is 12.2 Å². The van der Waals surface area contributed by atoms with Crippen LogP contribution in [0.3, 0.4) is 0 Å². The summed E-state index contributed by atoms with van der Waals surface area (Å²) in [5, 5.41) is 0. The molecule has 2 rings (SSSR count). The number of Topliss-reactive ketones (excluding diaryl/α,β-unsaturated/α-hetero) is 1. The minimum Gasteiger partial charge on any atom is -0.497 e. The van der Waals surface area contributed by atoms with Crippen LogP contribution < -0.4 is 4.74 Å². The number of rotatable bonds is 2. The number of hydrogen-bond acceptors (Lipinski definition) is 2. The number of ether oxygens (including phenoxy) is 1. The maximum Gasteiger partial charge on any atom is 0.143 e. The fraction of sp³-hybridized carbons (Fsp3) is 0.462. The number of carbonyl (C=O) groups is 1. The zero-order chi connectivity index (χ0) is 10.9. The van der Waals surface area contributed by atoms with Crippen LogP contribution >= 0.6 is 0 Å². The molecule has 2 heteroatoms. The zero-order valence-electron chi connectivity index (χ0n) is 9.25. The first kappa shape index (κ1) is 10.2. The lowest BCUT2D eigenvalue weighted by atomic mass is 9.80. The molecule has 1 aromatic rings. The van der Waals surface area contributed by atoms with Gasteiger partial charge in [-0.1, -0.05) is 12.1 Å². The number of hydrogen-bond donors (Lipinski definition) is 0. The molecule has 2 nitrogen and oxygen atoms in total. The monoisotopic (exact) mass is 204 g/mol. The second kappa shape index (κ2) is 3.69. The van der Waals surface area contributed by atoms with E-state index in [2.05, 4.69) is 0 Å². The van der Waals surface area contributed by atoms with E-state index in [1.807, 2.05) is 31.2 Å². The van der Waals surface area contributed by atoms with E-state index in [-0.39, 0.29) is 5.41 Å². The van der Waals surface area contributed by atoms with Crippen LogP contribution in [0.15, 0.2) is 24.3 Å². The highest BCUT2D eigenvalue weighted by molar-refractivity contribution is 5.91. The molecule has 1 atom stereocenters. The van der Waals surface area contributed by atoms with Crippen LogP contribution in [-0.4, -0.2) is 12.9 Å². The molecule has 0 heterocycles. The highest BCUT2D eigenvalue weighted by Crippen LogP contribution is 2.38. The summed E-state index contributed by atoms with van der Waals surface area (Å²) in [4.78, 5) is 11.9. The number of carbonyl (C=O) groups excluding carboxylic acids is 1. The summed E-state index contributed by atoms with van der Waals surface area (Å²) in [7, 11) is 1.65. The quantitative estimate of drug-likeness (QED) is 0.740. The van der Waals surface area contributed by atoms with Crippen molar-refractivity contribution in [2.24, 2.45) is 0 Å². The Balaban J connectivity index is 2.39. The van der Waals surface area contributed by atoms with Crippen molar-refractivity contribution < 1.29 is 9.53 Å². The van der Waals surface area contributed by atoms with E-state index in [1.165, 1.54) is 0 Å². The minimum atomic E-state index is -0.283. The van der Waals surface area contributed by atoms with Crippen molar-refractivity contribution >= 4 is 5.78 Å². The molecule has 1 aromatic carbocycles. The lowest BCUT2D eigenvalue weighted by Crippen LogP contribution is -2.26. The fourth-order valence-electron chi connectivity index (χ4n) is 2.29. The van der Waals surface area contributed by atoms with Crippen molar-refractivity contribution in [2.45, 2.75) is 31.6 Å². The van der Waals surface area contributed by atoms with E-state index in [4.69, 9.17) is 4.74 Å². The highest BCUT2D eigenvalue weighted by Gasteiger charge is 2.38. The van der Waals surface area contributed by atoms with E-state index in [1.54, 1.807) is 7.11 Å². The summed E-state index contributed by atoms with van der Waals surface area (Å²) in [6.45, 7) is 2.04. The molecule has 0 aliphatic heterocycles. The van der Waals surface area contributed by atoms with Gasteiger partial charge in [0.15, 0.2) is 0 Å². The third kappa shape index (κ3) is 1.65. The molecule has 0 amide bonds. The highest BCUT2D eigenvalue weighted by atomic mass is 16.5. The summed E-state index contributed by atoms with van der Waals surface area (Å²) >= 11 is 0. The molecular weight excluding hydrogens is 188 g/mol. The third-order valence-corrected chi connectivity index (χ3v) is 3.40. The molecule has 1 aliphatic rings. The van der Waals surface area contributed by atoms with Crippen molar-refractivity contribution in [3.63, 3.8) is 0 Å². The van der Waals surface area contributed by atoms with Gasteiger partial charge in [-0.3, -0.25) is 4.79 Å². The zero-order valence-corrected chi connectivity index (χ0v) is 9.25. The third-order valence-electron chi connectivity index (χ3n) is 3.40. The maximum atomic E-state index is 11.9. The van der Waals surface area contributed by atoms with Gasteiger partial charge >= 0.3 is 0 Å². The van der Waals surface area contributed by atoms with Gasteiger partial charge in [-0.15, -0.1) is 0 Å². The summed E-state index contributed by atoms with van der Waals surface area (Å²) in [6, 6.07) is 7.85. The fourth-order valence-corrected chi connectivity index (χ4v) is 2.29. The average Bonchev–Trinajstić information content (AvgIpc) is 2.61. The Hall–Kier alpha value is -1.31. The Bertz CT molecular complexity index is 384. The predicted molar refractivity (Wildman–Crippen MR) is 59.2 cm³/mol. The van der Waals surface area contributed by atoms with E-state index in [0.717, 1.165) is 24.2 Å². The second-order valence-corrected chi connectivity index (χ2v) is 4.34. The van der Waals surface area contributed by atoms with Crippen molar-refractivity contribution in [1.29, 1.82) is 0 Å². The van der Waals surface area contributed by atoms with Gasteiger partial charge in [-0.25, -0.2) is 0 Å². The van der Waals surface area contributed by atoms with Crippen molar-refractivity contribution in [2.75, 3.05) is 7.11 Å². The maximum absolute atomic E-state index is 11.9.